The summed E-state index contributed by atoms with van der Waals surface area (Å²) in [5.74, 6) is 1.60. The number of piperidine rings is 1. The summed E-state index contributed by atoms with van der Waals surface area (Å²) in [5, 5.41) is 21.7. The van der Waals surface area contributed by atoms with E-state index in [9.17, 15) is 0 Å². The maximum absolute atomic E-state index is 9.09. The van der Waals surface area contributed by atoms with Gasteiger partial charge in [0.15, 0.2) is 0 Å². The van der Waals surface area contributed by atoms with Gasteiger partial charge in [-0.2, -0.15) is 0 Å². The first-order chi connectivity index (χ1) is 8.81. The molecule has 1 aliphatic carbocycles. The maximum atomic E-state index is 9.09. The van der Waals surface area contributed by atoms with Crippen molar-refractivity contribution in [2.75, 3.05) is 39.4 Å². The van der Waals surface area contributed by atoms with Crippen molar-refractivity contribution in [3.8, 4) is 0 Å². The summed E-state index contributed by atoms with van der Waals surface area (Å²) >= 11 is 0. The van der Waals surface area contributed by atoms with Gasteiger partial charge in [0, 0.05) is 32.3 Å². The normalized spacial score (nSPS) is 29.7. The Morgan fingerprint density at radius 1 is 1.06 bits per heavy atom. The summed E-state index contributed by atoms with van der Waals surface area (Å²) in [4.78, 5) is 2.37. The molecule has 0 aromatic heterocycles. The molecule has 0 spiro atoms. The van der Waals surface area contributed by atoms with Gasteiger partial charge in [0.05, 0.1) is 6.61 Å². The summed E-state index contributed by atoms with van der Waals surface area (Å²) < 4.78 is 0. The molecule has 0 radical (unpaired) electrons. The highest BCUT2D eigenvalue weighted by Gasteiger charge is 2.28. The van der Waals surface area contributed by atoms with Crippen LogP contribution in [0.3, 0.4) is 0 Å². The number of aliphatic hydroxyl groups is 2. The number of β-amino-alcohol motifs (C(OH)–C–C–N with tert-alkyl or cyclic N) is 1. The van der Waals surface area contributed by atoms with Gasteiger partial charge in [-0.3, -0.25) is 4.90 Å². The largest absolute Gasteiger partial charge is 0.396 e. The molecular formula is C14H28N2O2. The molecule has 2 fully saturated rings. The molecule has 2 atom stereocenters. The second-order valence-corrected chi connectivity index (χ2v) is 6.00. The quantitative estimate of drug-likeness (QED) is 0.590. The zero-order valence-corrected chi connectivity index (χ0v) is 11.4. The summed E-state index contributed by atoms with van der Waals surface area (Å²) in [6, 6.07) is 0.578. The van der Waals surface area contributed by atoms with Crippen LogP contribution in [0.2, 0.25) is 0 Å². The molecule has 0 bridgehead atoms. The zero-order chi connectivity index (χ0) is 12.8. The number of hydrogen-bond donors (Lipinski definition) is 3. The number of likely N-dealkylation sites (tertiary alicyclic amines) is 1. The fraction of sp³-hybridized carbons (Fsp3) is 1.00. The lowest BCUT2D eigenvalue weighted by Gasteiger charge is -2.38. The molecule has 4 nitrogen and oxygen atoms in total. The third-order valence-electron chi connectivity index (χ3n) is 4.19. The van der Waals surface area contributed by atoms with Crippen LogP contribution in [0.4, 0.5) is 0 Å². The molecule has 2 unspecified atom stereocenters. The zero-order valence-electron chi connectivity index (χ0n) is 11.4. The van der Waals surface area contributed by atoms with E-state index in [0.29, 0.717) is 18.6 Å². The van der Waals surface area contributed by atoms with Gasteiger partial charge in [0.1, 0.15) is 0 Å². The Balaban J connectivity index is 1.75. The summed E-state index contributed by atoms with van der Waals surface area (Å²) in [6.45, 7) is 4.67. The van der Waals surface area contributed by atoms with Gasteiger partial charge in [-0.05, 0) is 50.5 Å². The van der Waals surface area contributed by atoms with Crippen LogP contribution in [-0.2, 0) is 0 Å². The molecule has 2 rings (SSSR count). The van der Waals surface area contributed by atoms with E-state index in [2.05, 4.69) is 10.2 Å². The Bertz CT molecular complexity index is 234. The van der Waals surface area contributed by atoms with Crippen LogP contribution in [0.5, 0.6) is 0 Å². The van der Waals surface area contributed by atoms with Crippen LogP contribution < -0.4 is 5.32 Å². The Hall–Kier alpha value is -0.160. The first kappa shape index (κ1) is 14.3. The Kier molecular flexibility index (Phi) is 5.89. The monoisotopic (exact) mass is 256 g/mol. The Labute approximate surface area is 110 Å². The third-order valence-corrected chi connectivity index (χ3v) is 4.19. The van der Waals surface area contributed by atoms with E-state index in [-0.39, 0.29) is 6.61 Å². The van der Waals surface area contributed by atoms with Crippen LogP contribution in [0, 0.1) is 11.8 Å². The molecule has 1 heterocycles. The van der Waals surface area contributed by atoms with Gasteiger partial charge in [-0.1, -0.05) is 0 Å². The van der Waals surface area contributed by atoms with Gasteiger partial charge in [0.2, 0.25) is 0 Å². The average molecular weight is 256 g/mol. The van der Waals surface area contributed by atoms with Gasteiger partial charge >= 0.3 is 0 Å². The number of nitrogens with zero attached hydrogens (tertiary/aromatic N) is 1. The lowest BCUT2D eigenvalue weighted by Crippen LogP contribution is -2.50. The van der Waals surface area contributed by atoms with E-state index in [1.165, 1.54) is 25.8 Å². The van der Waals surface area contributed by atoms with Gasteiger partial charge in [-0.25, -0.2) is 0 Å². The Morgan fingerprint density at radius 2 is 1.89 bits per heavy atom. The van der Waals surface area contributed by atoms with Crippen molar-refractivity contribution in [1.29, 1.82) is 0 Å². The lowest BCUT2D eigenvalue weighted by atomic mass is 9.90. The topological polar surface area (TPSA) is 55.7 Å². The van der Waals surface area contributed by atoms with Crippen molar-refractivity contribution in [3.63, 3.8) is 0 Å². The minimum atomic E-state index is 0.252. The van der Waals surface area contributed by atoms with Crippen LogP contribution >= 0.6 is 0 Å². The third kappa shape index (κ3) is 4.84. The van der Waals surface area contributed by atoms with E-state index in [1.54, 1.807) is 0 Å². The van der Waals surface area contributed by atoms with E-state index >= 15 is 0 Å². The van der Waals surface area contributed by atoms with Crippen molar-refractivity contribution in [3.05, 3.63) is 0 Å². The van der Waals surface area contributed by atoms with Crippen LogP contribution in [0.15, 0.2) is 0 Å². The highest BCUT2D eigenvalue weighted by molar-refractivity contribution is 4.85. The fourth-order valence-electron chi connectivity index (χ4n) is 3.02. The van der Waals surface area contributed by atoms with Gasteiger partial charge in [-0.15, -0.1) is 0 Å². The van der Waals surface area contributed by atoms with E-state index in [4.69, 9.17) is 10.2 Å². The number of aliphatic hydroxyl groups excluding tert-OH is 2. The molecule has 1 aliphatic heterocycles. The molecule has 0 amide bonds. The molecule has 1 saturated heterocycles. The van der Waals surface area contributed by atoms with Gasteiger partial charge < -0.3 is 15.5 Å². The van der Waals surface area contributed by atoms with Crippen LogP contribution in [-0.4, -0.2) is 60.5 Å². The number of rotatable bonds is 8. The fourth-order valence-corrected chi connectivity index (χ4v) is 3.02. The van der Waals surface area contributed by atoms with Crippen molar-refractivity contribution < 1.29 is 10.2 Å². The maximum Gasteiger partial charge on any atom is 0.0558 e. The Morgan fingerprint density at radius 3 is 2.56 bits per heavy atom. The molecule has 3 N–H and O–H groups in total. The predicted molar refractivity (Wildman–Crippen MR) is 72.5 cm³/mol. The summed E-state index contributed by atoms with van der Waals surface area (Å²) in [6.07, 6.45) is 6.05. The molecule has 4 heteroatoms. The molecular weight excluding hydrogens is 228 g/mol. The first-order valence-corrected chi connectivity index (χ1v) is 7.49. The average Bonchev–Trinajstić information content (AvgIpc) is 3.18. The van der Waals surface area contributed by atoms with Crippen LogP contribution in [0.1, 0.15) is 32.1 Å². The highest BCUT2D eigenvalue weighted by Crippen LogP contribution is 2.28. The van der Waals surface area contributed by atoms with Gasteiger partial charge in [0.25, 0.3) is 0 Å². The standard InChI is InChI=1S/C14H28N2O2/c17-6-1-2-13-8-14(15-9-12-3-4-12)11-16(10-13)5-7-18/h12-15,17-18H,1-11H2. The minimum absolute atomic E-state index is 0.252. The van der Waals surface area contributed by atoms with E-state index in [0.717, 1.165) is 38.4 Å². The summed E-state index contributed by atoms with van der Waals surface area (Å²) in [7, 11) is 0. The molecule has 106 valence electrons. The molecule has 2 aliphatic rings. The smallest absolute Gasteiger partial charge is 0.0558 e. The van der Waals surface area contributed by atoms with Crippen LogP contribution in [0.25, 0.3) is 0 Å². The lowest BCUT2D eigenvalue weighted by molar-refractivity contribution is 0.108. The second kappa shape index (κ2) is 7.43. The van der Waals surface area contributed by atoms with E-state index < -0.39 is 0 Å². The molecule has 0 aromatic carbocycles. The van der Waals surface area contributed by atoms with Crippen molar-refractivity contribution in [1.82, 2.24) is 10.2 Å². The van der Waals surface area contributed by atoms with E-state index in [1.807, 2.05) is 0 Å². The number of nitrogens with one attached hydrogen (secondary N) is 1. The first-order valence-electron chi connectivity index (χ1n) is 7.49. The predicted octanol–water partition coefficient (Wildman–Crippen LogP) is 0.441. The molecule has 18 heavy (non-hydrogen) atoms. The molecule has 0 aromatic rings. The van der Waals surface area contributed by atoms with Crippen molar-refractivity contribution in [2.45, 2.75) is 38.1 Å². The summed E-state index contributed by atoms with van der Waals surface area (Å²) in [5.41, 5.74) is 0. The molecule has 1 saturated carbocycles. The second-order valence-electron chi connectivity index (χ2n) is 6.00. The van der Waals surface area contributed by atoms with Crippen molar-refractivity contribution >= 4 is 0 Å². The minimum Gasteiger partial charge on any atom is -0.396 e. The SMILES string of the molecule is OCCCC1CC(NCC2CC2)CN(CCO)C1. The van der Waals surface area contributed by atoms with Crippen molar-refractivity contribution in [2.24, 2.45) is 11.8 Å². The number of hydrogen-bond acceptors (Lipinski definition) is 4. The highest BCUT2D eigenvalue weighted by atomic mass is 16.3.